The van der Waals surface area contributed by atoms with Gasteiger partial charge in [-0.05, 0) is 25.2 Å². The maximum Gasteiger partial charge on any atom is 0.150 e. The quantitative estimate of drug-likeness (QED) is 0.691. The van der Waals surface area contributed by atoms with Crippen molar-refractivity contribution in [3.05, 3.63) is 0 Å². The van der Waals surface area contributed by atoms with Crippen LogP contribution in [0.4, 0.5) is 0 Å². The molecule has 0 aromatic carbocycles. The van der Waals surface area contributed by atoms with Crippen LogP contribution >= 0.6 is 0 Å². The number of hydrogen-bond acceptors (Lipinski definition) is 2. The summed E-state index contributed by atoms with van der Waals surface area (Å²) in [7, 11) is -2.84. The predicted molar refractivity (Wildman–Crippen MR) is 55.4 cm³/mol. The average molecular weight is 204 g/mol. The predicted octanol–water partition coefficient (Wildman–Crippen LogP) is 2.25. The molecule has 3 heteroatoms. The summed E-state index contributed by atoms with van der Waals surface area (Å²) >= 11 is 0. The van der Waals surface area contributed by atoms with Crippen LogP contribution in [0.25, 0.3) is 0 Å². The third-order valence-electron chi connectivity index (χ3n) is 3.46. The molecule has 0 spiro atoms. The minimum absolute atomic E-state index is 0.150. The van der Waals surface area contributed by atoms with Gasteiger partial charge in [-0.25, -0.2) is 8.42 Å². The Hall–Kier alpha value is -0.0500. The second-order valence-corrected chi connectivity index (χ2v) is 6.86. The van der Waals surface area contributed by atoms with Gasteiger partial charge in [-0.1, -0.05) is 26.2 Å². The molecule has 0 saturated heterocycles. The van der Waals surface area contributed by atoms with Crippen LogP contribution in [0.2, 0.25) is 0 Å². The van der Waals surface area contributed by atoms with Crippen LogP contribution in [0.5, 0.6) is 0 Å². The summed E-state index contributed by atoms with van der Waals surface area (Å²) in [5.41, 5.74) is 0. The first-order valence-corrected chi connectivity index (χ1v) is 7.07. The van der Waals surface area contributed by atoms with E-state index in [1.807, 2.05) is 6.92 Å². The summed E-state index contributed by atoms with van der Waals surface area (Å²) < 4.78 is 22.8. The van der Waals surface area contributed by atoms with Crippen LogP contribution < -0.4 is 0 Å². The van der Waals surface area contributed by atoms with Crippen molar-refractivity contribution in [3.63, 3.8) is 0 Å². The molecule has 0 aromatic heterocycles. The maximum atomic E-state index is 11.4. The van der Waals surface area contributed by atoms with Crippen LogP contribution in [0.3, 0.4) is 0 Å². The second kappa shape index (κ2) is 3.99. The van der Waals surface area contributed by atoms with Crippen molar-refractivity contribution in [2.45, 2.75) is 44.8 Å². The van der Waals surface area contributed by atoms with Crippen LogP contribution in [0, 0.1) is 11.8 Å². The van der Waals surface area contributed by atoms with Gasteiger partial charge < -0.3 is 0 Å². The zero-order valence-electron chi connectivity index (χ0n) is 8.79. The molecule has 0 N–H and O–H groups in total. The molecule has 0 aliphatic heterocycles. The average Bonchev–Trinajstić information content (AvgIpc) is 2.02. The lowest BCUT2D eigenvalue weighted by atomic mass is 9.79. The van der Waals surface area contributed by atoms with Crippen molar-refractivity contribution in [1.29, 1.82) is 0 Å². The molecule has 13 heavy (non-hydrogen) atoms. The number of rotatable bonds is 2. The maximum absolute atomic E-state index is 11.4. The molecule has 1 aliphatic rings. The highest BCUT2D eigenvalue weighted by molar-refractivity contribution is 7.91. The first-order chi connectivity index (χ1) is 5.93. The normalized spacial score (nSPS) is 32.8. The smallest absolute Gasteiger partial charge is 0.150 e. The van der Waals surface area contributed by atoms with Crippen molar-refractivity contribution in [2.75, 3.05) is 6.26 Å². The van der Waals surface area contributed by atoms with E-state index in [0.717, 1.165) is 6.42 Å². The van der Waals surface area contributed by atoms with Crippen LogP contribution in [-0.4, -0.2) is 19.9 Å². The fraction of sp³-hybridized carbons (Fsp3) is 1.00. The highest BCUT2D eigenvalue weighted by atomic mass is 32.2. The van der Waals surface area contributed by atoms with Gasteiger partial charge in [0.25, 0.3) is 0 Å². The molecule has 1 fully saturated rings. The van der Waals surface area contributed by atoms with Gasteiger partial charge >= 0.3 is 0 Å². The molecule has 0 amide bonds. The highest BCUT2D eigenvalue weighted by Crippen LogP contribution is 2.34. The molecule has 2 nitrogen and oxygen atoms in total. The molecule has 3 unspecified atom stereocenters. The first-order valence-electron chi connectivity index (χ1n) is 5.12. The van der Waals surface area contributed by atoms with Gasteiger partial charge in [0.15, 0.2) is 0 Å². The zero-order valence-corrected chi connectivity index (χ0v) is 9.60. The molecule has 1 aliphatic carbocycles. The summed E-state index contributed by atoms with van der Waals surface area (Å²) in [5.74, 6) is 0.974. The van der Waals surface area contributed by atoms with E-state index in [4.69, 9.17) is 0 Å². The molecule has 0 bridgehead atoms. The Kier molecular flexibility index (Phi) is 3.38. The van der Waals surface area contributed by atoms with Crippen molar-refractivity contribution in [3.8, 4) is 0 Å². The van der Waals surface area contributed by atoms with E-state index >= 15 is 0 Å². The first kappa shape index (κ1) is 11.0. The third kappa shape index (κ3) is 2.70. The molecule has 1 rings (SSSR count). The van der Waals surface area contributed by atoms with E-state index in [0.29, 0.717) is 11.8 Å². The Morgan fingerprint density at radius 2 is 1.77 bits per heavy atom. The Bertz CT molecular complexity index is 256. The summed E-state index contributed by atoms with van der Waals surface area (Å²) in [4.78, 5) is 0. The molecule has 78 valence electrons. The molecular formula is C10H20O2S. The van der Waals surface area contributed by atoms with Gasteiger partial charge in [-0.15, -0.1) is 0 Å². The Labute approximate surface area is 81.6 Å². The van der Waals surface area contributed by atoms with Gasteiger partial charge in [-0.2, -0.15) is 0 Å². The standard InChI is InChI=1S/C10H20O2S/c1-8-6-4-5-7-10(8)9(2)13(3,11)12/h8-10H,4-7H2,1-3H3. The summed E-state index contributed by atoms with van der Waals surface area (Å²) in [6.07, 6.45) is 6.13. The lowest BCUT2D eigenvalue weighted by molar-refractivity contribution is 0.251. The van der Waals surface area contributed by atoms with Gasteiger partial charge in [0, 0.05) is 6.26 Å². The van der Waals surface area contributed by atoms with E-state index in [-0.39, 0.29) is 5.25 Å². The molecule has 1 saturated carbocycles. The SMILES string of the molecule is CC1CCCCC1C(C)S(C)(=O)=O. The van der Waals surface area contributed by atoms with Gasteiger partial charge in [-0.3, -0.25) is 0 Å². The topological polar surface area (TPSA) is 34.1 Å². The highest BCUT2D eigenvalue weighted by Gasteiger charge is 2.31. The third-order valence-corrected chi connectivity index (χ3v) is 5.16. The second-order valence-electron chi connectivity index (χ2n) is 4.46. The Balaban J connectivity index is 2.70. The van der Waals surface area contributed by atoms with Crippen LogP contribution in [0.15, 0.2) is 0 Å². The van der Waals surface area contributed by atoms with Gasteiger partial charge in [0.05, 0.1) is 5.25 Å². The molecule has 0 radical (unpaired) electrons. The fourth-order valence-electron chi connectivity index (χ4n) is 2.36. The van der Waals surface area contributed by atoms with Crippen LogP contribution in [0.1, 0.15) is 39.5 Å². The molecular weight excluding hydrogens is 184 g/mol. The Morgan fingerprint density at radius 3 is 2.23 bits per heavy atom. The van der Waals surface area contributed by atoms with E-state index in [2.05, 4.69) is 6.92 Å². The van der Waals surface area contributed by atoms with Crippen molar-refractivity contribution in [2.24, 2.45) is 11.8 Å². The summed E-state index contributed by atoms with van der Waals surface area (Å²) in [6, 6.07) is 0. The van der Waals surface area contributed by atoms with Crippen LogP contribution in [-0.2, 0) is 9.84 Å². The minimum atomic E-state index is -2.84. The number of hydrogen-bond donors (Lipinski definition) is 0. The molecule has 0 heterocycles. The van der Waals surface area contributed by atoms with E-state index in [1.165, 1.54) is 25.5 Å². The lowest BCUT2D eigenvalue weighted by Gasteiger charge is -2.32. The van der Waals surface area contributed by atoms with Gasteiger partial charge in [0.1, 0.15) is 9.84 Å². The summed E-state index contributed by atoms with van der Waals surface area (Å²) in [5, 5.41) is -0.150. The minimum Gasteiger partial charge on any atom is -0.229 e. The van der Waals surface area contributed by atoms with E-state index < -0.39 is 9.84 Å². The van der Waals surface area contributed by atoms with Crippen molar-refractivity contribution < 1.29 is 8.42 Å². The molecule has 0 aromatic rings. The fourth-order valence-corrected chi connectivity index (χ4v) is 3.40. The van der Waals surface area contributed by atoms with Gasteiger partial charge in [0.2, 0.25) is 0 Å². The zero-order chi connectivity index (χ0) is 10.1. The summed E-state index contributed by atoms with van der Waals surface area (Å²) in [6.45, 7) is 4.05. The lowest BCUT2D eigenvalue weighted by Crippen LogP contribution is -2.32. The van der Waals surface area contributed by atoms with E-state index in [1.54, 1.807) is 0 Å². The largest absolute Gasteiger partial charge is 0.229 e. The monoisotopic (exact) mass is 204 g/mol. The van der Waals surface area contributed by atoms with Crippen molar-refractivity contribution >= 4 is 9.84 Å². The molecule has 3 atom stereocenters. The van der Waals surface area contributed by atoms with Crippen molar-refractivity contribution in [1.82, 2.24) is 0 Å². The number of sulfone groups is 1. The Morgan fingerprint density at radius 1 is 1.23 bits per heavy atom. The van der Waals surface area contributed by atoms with E-state index in [9.17, 15) is 8.42 Å².